The minimum absolute atomic E-state index is 1.06. The van der Waals surface area contributed by atoms with E-state index in [1.54, 1.807) is 16.7 Å². The molecule has 2 aromatic carbocycles. The molecular weight excluding hydrogens is 264 g/mol. The highest BCUT2D eigenvalue weighted by atomic mass is 14.1. The van der Waals surface area contributed by atoms with E-state index in [4.69, 9.17) is 0 Å². The monoisotopic (exact) mass is 294 g/mol. The Morgan fingerprint density at radius 2 is 1.27 bits per heavy atom. The molecule has 0 spiro atoms. The van der Waals surface area contributed by atoms with Crippen molar-refractivity contribution in [2.45, 2.75) is 66.7 Å². The van der Waals surface area contributed by atoms with E-state index in [-0.39, 0.29) is 0 Å². The molecule has 0 N–H and O–H groups in total. The predicted octanol–water partition coefficient (Wildman–Crippen LogP) is 5.84. The van der Waals surface area contributed by atoms with E-state index in [1.807, 2.05) is 0 Å². The fourth-order valence-electron chi connectivity index (χ4n) is 3.45. The Hall–Kier alpha value is -1.56. The molecule has 0 aliphatic carbocycles. The zero-order valence-electron chi connectivity index (χ0n) is 14.9. The molecule has 0 nitrogen and oxygen atoms in total. The van der Waals surface area contributed by atoms with E-state index < -0.39 is 0 Å². The number of aryl methyl sites for hydroxylation is 4. The summed E-state index contributed by atoms with van der Waals surface area (Å²) in [6.45, 7) is 11.3. The van der Waals surface area contributed by atoms with Crippen molar-refractivity contribution < 1.29 is 0 Å². The predicted molar refractivity (Wildman–Crippen MR) is 97.9 cm³/mol. The molecule has 22 heavy (non-hydrogen) atoms. The van der Waals surface area contributed by atoms with Crippen LogP contribution in [-0.2, 0) is 32.1 Å². The molecular formula is C22H30. The Morgan fingerprint density at radius 3 is 1.73 bits per heavy atom. The van der Waals surface area contributed by atoms with Gasteiger partial charge < -0.3 is 0 Å². The van der Waals surface area contributed by atoms with E-state index in [1.165, 1.54) is 22.3 Å². The third-order valence-corrected chi connectivity index (χ3v) is 4.82. The second-order valence-corrected chi connectivity index (χ2v) is 6.24. The third kappa shape index (κ3) is 3.61. The van der Waals surface area contributed by atoms with Gasteiger partial charge in [-0.3, -0.25) is 0 Å². The Bertz CT molecular complexity index is 609. The second-order valence-electron chi connectivity index (χ2n) is 6.24. The molecule has 0 unspecified atom stereocenters. The summed E-state index contributed by atoms with van der Waals surface area (Å²) in [7, 11) is 0. The van der Waals surface area contributed by atoms with Crippen molar-refractivity contribution in [3.05, 3.63) is 69.3 Å². The number of hydrogen-bond donors (Lipinski definition) is 0. The minimum Gasteiger partial charge on any atom is -0.0613 e. The molecule has 0 bridgehead atoms. The van der Waals surface area contributed by atoms with Gasteiger partial charge in [-0.2, -0.15) is 0 Å². The summed E-state index contributed by atoms with van der Waals surface area (Å²) < 4.78 is 0. The first kappa shape index (κ1) is 16.8. The van der Waals surface area contributed by atoms with Crippen molar-refractivity contribution in [1.82, 2.24) is 0 Å². The summed E-state index contributed by atoms with van der Waals surface area (Å²) in [5, 5.41) is 0. The molecule has 118 valence electrons. The molecule has 0 atom stereocenters. The summed E-state index contributed by atoms with van der Waals surface area (Å²) in [5.74, 6) is 0. The van der Waals surface area contributed by atoms with Crippen LogP contribution in [0.15, 0.2) is 30.3 Å². The average Bonchev–Trinajstić information content (AvgIpc) is 2.55. The molecule has 2 aromatic rings. The van der Waals surface area contributed by atoms with E-state index in [9.17, 15) is 0 Å². The van der Waals surface area contributed by atoms with Crippen molar-refractivity contribution in [1.29, 1.82) is 0 Å². The fourth-order valence-corrected chi connectivity index (χ4v) is 3.45. The van der Waals surface area contributed by atoms with Crippen LogP contribution in [0.4, 0.5) is 0 Å². The van der Waals surface area contributed by atoms with Crippen LogP contribution in [0.5, 0.6) is 0 Å². The van der Waals surface area contributed by atoms with Gasteiger partial charge in [0.25, 0.3) is 0 Å². The molecule has 0 saturated heterocycles. The number of rotatable bonds is 6. The third-order valence-electron chi connectivity index (χ3n) is 4.82. The van der Waals surface area contributed by atoms with Crippen molar-refractivity contribution in [3.8, 4) is 0 Å². The van der Waals surface area contributed by atoms with Gasteiger partial charge in [0.2, 0.25) is 0 Å². The molecule has 0 radical (unpaired) electrons. The highest BCUT2D eigenvalue weighted by Crippen LogP contribution is 2.23. The van der Waals surface area contributed by atoms with Crippen LogP contribution in [0.3, 0.4) is 0 Å². The lowest BCUT2D eigenvalue weighted by atomic mass is 9.90. The number of benzene rings is 2. The summed E-state index contributed by atoms with van der Waals surface area (Å²) in [6.07, 6.45) is 5.60. The first-order chi connectivity index (χ1) is 10.6. The van der Waals surface area contributed by atoms with Crippen molar-refractivity contribution in [2.75, 3.05) is 0 Å². The van der Waals surface area contributed by atoms with Gasteiger partial charge in [0.05, 0.1) is 0 Å². The normalized spacial score (nSPS) is 11.0. The minimum atomic E-state index is 1.06. The van der Waals surface area contributed by atoms with E-state index in [2.05, 4.69) is 65.0 Å². The summed E-state index contributed by atoms with van der Waals surface area (Å²) in [6, 6.07) is 11.8. The lowest BCUT2D eigenvalue weighted by molar-refractivity contribution is 0.965. The maximum absolute atomic E-state index is 2.44. The highest BCUT2D eigenvalue weighted by molar-refractivity contribution is 5.43. The molecule has 0 aliphatic rings. The Morgan fingerprint density at radius 1 is 0.636 bits per heavy atom. The van der Waals surface area contributed by atoms with Crippen molar-refractivity contribution in [3.63, 3.8) is 0 Å². The van der Waals surface area contributed by atoms with Crippen LogP contribution in [0.25, 0.3) is 0 Å². The van der Waals surface area contributed by atoms with Gasteiger partial charge in [0.1, 0.15) is 0 Å². The molecule has 0 fully saturated rings. The van der Waals surface area contributed by atoms with Crippen LogP contribution in [0, 0.1) is 6.92 Å². The molecule has 0 saturated carbocycles. The summed E-state index contributed by atoms with van der Waals surface area (Å²) >= 11 is 0. The summed E-state index contributed by atoms with van der Waals surface area (Å²) in [4.78, 5) is 0. The first-order valence-electron chi connectivity index (χ1n) is 8.84. The van der Waals surface area contributed by atoms with Crippen LogP contribution < -0.4 is 0 Å². The Labute approximate surface area is 136 Å². The lowest BCUT2D eigenvalue weighted by Gasteiger charge is -2.16. The van der Waals surface area contributed by atoms with Gasteiger partial charge in [0, 0.05) is 0 Å². The van der Waals surface area contributed by atoms with Gasteiger partial charge in [-0.25, -0.2) is 0 Å². The van der Waals surface area contributed by atoms with Gasteiger partial charge in [-0.15, -0.1) is 0 Å². The zero-order chi connectivity index (χ0) is 16.1. The van der Waals surface area contributed by atoms with E-state index >= 15 is 0 Å². The molecule has 0 amide bonds. The molecule has 0 aromatic heterocycles. The maximum atomic E-state index is 2.44. The van der Waals surface area contributed by atoms with Crippen molar-refractivity contribution in [2.24, 2.45) is 0 Å². The van der Waals surface area contributed by atoms with Gasteiger partial charge >= 0.3 is 0 Å². The SMILES string of the molecule is CCc1ccc(Cc2cc(CC)c(CC)c(CC)c2)c(C)c1. The Kier molecular flexibility index (Phi) is 5.83. The second kappa shape index (κ2) is 7.63. The average molecular weight is 294 g/mol. The van der Waals surface area contributed by atoms with Gasteiger partial charge in [-0.05, 0) is 78.0 Å². The van der Waals surface area contributed by atoms with Gasteiger partial charge in [-0.1, -0.05) is 58.0 Å². The highest BCUT2D eigenvalue weighted by Gasteiger charge is 2.09. The van der Waals surface area contributed by atoms with E-state index in [0.29, 0.717) is 0 Å². The molecule has 0 aliphatic heterocycles. The number of hydrogen-bond acceptors (Lipinski definition) is 0. The smallest absolute Gasteiger partial charge is 0.00229 e. The first-order valence-corrected chi connectivity index (χ1v) is 8.84. The molecule has 2 rings (SSSR count). The maximum Gasteiger partial charge on any atom is -0.00229 e. The standard InChI is InChI=1S/C22H30/c1-6-17-10-11-21(16(5)12-17)15-18-13-19(7-2)22(9-4)20(8-3)14-18/h10-14H,6-9,15H2,1-5H3. The Balaban J connectivity index is 2.37. The summed E-state index contributed by atoms with van der Waals surface area (Å²) in [5.41, 5.74) is 10.5. The lowest BCUT2D eigenvalue weighted by Crippen LogP contribution is -2.02. The van der Waals surface area contributed by atoms with Crippen LogP contribution in [0.1, 0.15) is 66.6 Å². The largest absolute Gasteiger partial charge is 0.0613 e. The van der Waals surface area contributed by atoms with Crippen molar-refractivity contribution >= 4 is 0 Å². The van der Waals surface area contributed by atoms with Crippen LogP contribution in [0.2, 0.25) is 0 Å². The fraction of sp³-hybridized carbons (Fsp3) is 0.455. The molecule has 0 heterocycles. The zero-order valence-corrected chi connectivity index (χ0v) is 14.9. The quantitative estimate of drug-likeness (QED) is 0.628. The van der Waals surface area contributed by atoms with E-state index in [0.717, 1.165) is 32.1 Å². The van der Waals surface area contributed by atoms with Gasteiger partial charge in [0.15, 0.2) is 0 Å². The van der Waals surface area contributed by atoms with Crippen LogP contribution >= 0.6 is 0 Å². The van der Waals surface area contributed by atoms with Crippen LogP contribution in [-0.4, -0.2) is 0 Å². The topological polar surface area (TPSA) is 0 Å². The molecule has 0 heteroatoms.